The van der Waals surface area contributed by atoms with Gasteiger partial charge in [-0.15, -0.1) is 11.3 Å². The van der Waals surface area contributed by atoms with Gasteiger partial charge >= 0.3 is 12.2 Å². The lowest BCUT2D eigenvalue weighted by molar-refractivity contribution is -0.136. The van der Waals surface area contributed by atoms with Crippen LogP contribution in [0.3, 0.4) is 0 Å². The Morgan fingerprint density at radius 2 is 1.97 bits per heavy atom. The average molecular weight is 499 g/mol. The highest BCUT2D eigenvalue weighted by atomic mass is 32.1. The number of carbonyl (C=O) groups excluding carboxylic acids is 1. The lowest BCUT2D eigenvalue weighted by Gasteiger charge is -2.27. The number of aryl methyl sites for hydroxylation is 1. The summed E-state index contributed by atoms with van der Waals surface area (Å²) in [7, 11) is 0. The second kappa shape index (κ2) is 8.84. The number of urea groups is 1. The first-order valence-corrected chi connectivity index (χ1v) is 11.8. The Bertz CT molecular complexity index is 1490. The number of nitrogens with zero attached hydrogens (tertiary/aromatic N) is 3. The van der Waals surface area contributed by atoms with Crippen molar-refractivity contribution < 1.29 is 18.0 Å². The molecular formula is C25H21F3N4O2S. The van der Waals surface area contributed by atoms with Crippen LogP contribution in [0.5, 0.6) is 0 Å². The number of alkyl halides is 3. The van der Waals surface area contributed by atoms with E-state index in [1.54, 1.807) is 4.57 Å². The third-order valence-corrected chi connectivity index (χ3v) is 7.15. The Morgan fingerprint density at radius 1 is 1.17 bits per heavy atom. The molecule has 5 rings (SSSR count). The molecule has 180 valence electrons. The molecule has 2 amide bonds. The number of para-hydroxylation sites is 1. The molecule has 6 nitrogen and oxygen atoms in total. The van der Waals surface area contributed by atoms with Crippen LogP contribution in [0.25, 0.3) is 10.2 Å². The third kappa shape index (κ3) is 4.53. The van der Waals surface area contributed by atoms with Gasteiger partial charge in [-0.3, -0.25) is 9.36 Å². The van der Waals surface area contributed by atoms with E-state index in [1.807, 2.05) is 31.2 Å². The summed E-state index contributed by atoms with van der Waals surface area (Å²) in [5, 5.41) is 2.95. The SMILES string of the molecule is Cc1cccc(Cn2cnc3sc4c(c3c2=O)CCN(C(=O)Nc2ccccc2C(F)(F)F)C4)c1. The number of hydrogen-bond donors (Lipinski definition) is 1. The van der Waals surface area contributed by atoms with Gasteiger partial charge in [0.2, 0.25) is 0 Å². The van der Waals surface area contributed by atoms with Crippen LogP contribution in [0.15, 0.2) is 59.7 Å². The molecule has 35 heavy (non-hydrogen) atoms. The zero-order valence-electron chi connectivity index (χ0n) is 18.7. The van der Waals surface area contributed by atoms with Crippen molar-refractivity contribution in [1.82, 2.24) is 14.5 Å². The van der Waals surface area contributed by atoms with E-state index in [4.69, 9.17) is 0 Å². The van der Waals surface area contributed by atoms with Gasteiger partial charge in [0.15, 0.2) is 0 Å². The predicted octanol–water partition coefficient (Wildman–Crippen LogP) is 5.42. The van der Waals surface area contributed by atoms with E-state index < -0.39 is 17.8 Å². The molecule has 2 aromatic heterocycles. The molecule has 0 saturated carbocycles. The van der Waals surface area contributed by atoms with Gasteiger partial charge in [-0.05, 0) is 36.6 Å². The number of nitrogens with one attached hydrogen (secondary N) is 1. The Kier molecular flexibility index (Phi) is 5.84. The standard InChI is InChI=1S/C25H21F3N4O2S/c1-15-5-4-6-16(11-15)12-32-14-29-22-21(23(32)33)17-9-10-31(13-20(17)35-22)24(34)30-19-8-3-2-7-18(19)25(26,27)28/h2-8,11,14H,9-10,12-13H2,1H3,(H,30,34). The minimum Gasteiger partial charge on any atom is -0.319 e. The number of thiophene rings is 1. The van der Waals surface area contributed by atoms with E-state index in [0.29, 0.717) is 23.2 Å². The first-order valence-electron chi connectivity index (χ1n) is 11.0. The van der Waals surface area contributed by atoms with Gasteiger partial charge in [0.25, 0.3) is 5.56 Å². The summed E-state index contributed by atoms with van der Waals surface area (Å²) in [5.41, 5.74) is 1.65. The fourth-order valence-electron chi connectivity index (χ4n) is 4.35. The van der Waals surface area contributed by atoms with Gasteiger partial charge in [-0.25, -0.2) is 9.78 Å². The maximum atomic E-state index is 13.3. The molecule has 3 heterocycles. The molecule has 0 atom stereocenters. The zero-order valence-corrected chi connectivity index (χ0v) is 19.5. The Hall–Kier alpha value is -3.66. The largest absolute Gasteiger partial charge is 0.418 e. The van der Waals surface area contributed by atoms with Crippen molar-refractivity contribution in [3.63, 3.8) is 0 Å². The van der Waals surface area contributed by atoms with Crippen LogP contribution in [-0.2, 0) is 25.7 Å². The zero-order chi connectivity index (χ0) is 24.7. The summed E-state index contributed by atoms with van der Waals surface area (Å²) in [6.45, 7) is 2.88. The fraction of sp³-hybridized carbons (Fsp3) is 0.240. The number of rotatable bonds is 3. The topological polar surface area (TPSA) is 67.2 Å². The van der Waals surface area contributed by atoms with E-state index in [1.165, 1.54) is 40.8 Å². The molecule has 0 unspecified atom stereocenters. The van der Waals surface area contributed by atoms with Crippen molar-refractivity contribution in [1.29, 1.82) is 0 Å². The summed E-state index contributed by atoms with van der Waals surface area (Å²) < 4.78 is 41.4. The molecule has 1 aliphatic rings. The summed E-state index contributed by atoms with van der Waals surface area (Å²) in [4.78, 5) is 33.4. The second-order valence-electron chi connectivity index (χ2n) is 8.50. The van der Waals surface area contributed by atoms with Crippen LogP contribution < -0.4 is 10.9 Å². The highest BCUT2D eigenvalue weighted by molar-refractivity contribution is 7.18. The van der Waals surface area contributed by atoms with Gasteiger partial charge in [0.05, 0.1) is 36.1 Å². The lowest BCUT2D eigenvalue weighted by atomic mass is 10.1. The smallest absolute Gasteiger partial charge is 0.319 e. The quantitative estimate of drug-likeness (QED) is 0.410. The highest BCUT2D eigenvalue weighted by Crippen LogP contribution is 2.36. The van der Waals surface area contributed by atoms with Crippen LogP contribution >= 0.6 is 11.3 Å². The lowest BCUT2D eigenvalue weighted by Crippen LogP contribution is -2.39. The molecule has 4 aromatic rings. The molecule has 10 heteroatoms. The normalized spacial score (nSPS) is 13.7. The Labute approximate surface area is 202 Å². The van der Waals surface area contributed by atoms with Crippen molar-refractivity contribution in [2.24, 2.45) is 0 Å². The number of fused-ring (bicyclic) bond motifs is 3. The van der Waals surface area contributed by atoms with E-state index in [-0.39, 0.29) is 24.3 Å². The third-order valence-electron chi connectivity index (χ3n) is 6.02. The molecule has 0 saturated heterocycles. The van der Waals surface area contributed by atoms with E-state index in [2.05, 4.69) is 10.3 Å². The average Bonchev–Trinajstić information content (AvgIpc) is 3.19. The van der Waals surface area contributed by atoms with Crippen LogP contribution in [0.2, 0.25) is 0 Å². The number of benzene rings is 2. The number of aromatic nitrogens is 2. The molecule has 0 fully saturated rings. The van der Waals surface area contributed by atoms with E-state index >= 15 is 0 Å². The van der Waals surface area contributed by atoms with Crippen molar-refractivity contribution in [2.75, 3.05) is 11.9 Å². The van der Waals surface area contributed by atoms with Crippen molar-refractivity contribution in [2.45, 2.75) is 32.6 Å². The first kappa shape index (κ1) is 23.1. The number of carbonyl (C=O) groups is 1. The molecule has 0 radical (unpaired) electrons. The monoisotopic (exact) mass is 498 g/mol. The molecule has 2 aromatic carbocycles. The molecule has 0 aliphatic carbocycles. The van der Waals surface area contributed by atoms with Crippen LogP contribution in [-0.4, -0.2) is 27.0 Å². The highest BCUT2D eigenvalue weighted by Gasteiger charge is 2.34. The second-order valence-corrected chi connectivity index (χ2v) is 9.58. The minimum absolute atomic E-state index is 0.133. The van der Waals surface area contributed by atoms with Crippen LogP contribution in [0.1, 0.15) is 27.1 Å². The van der Waals surface area contributed by atoms with Crippen LogP contribution in [0, 0.1) is 6.92 Å². The Balaban J connectivity index is 1.39. The van der Waals surface area contributed by atoms with Gasteiger partial charge in [-0.1, -0.05) is 42.0 Å². The van der Waals surface area contributed by atoms with Crippen molar-refractivity contribution in [3.05, 3.63) is 92.3 Å². The van der Waals surface area contributed by atoms with Crippen molar-refractivity contribution >= 4 is 33.3 Å². The van der Waals surface area contributed by atoms with Gasteiger partial charge in [0, 0.05) is 11.4 Å². The summed E-state index contributed by atoms with van der Waals surface area (Å²) in [6.07, 6.45) is -2.61. The number of hydrogen-bond acceptors (Lipinski definition) is 4. The number of anilines is 1. The van der Waals surface area contributed by atoms with Gasteiger partial charge < -0.3 is 10.2 Å². The molecule has 0 spiro atoms. The summed E-state index contributed by atoms with van der Waals surface area (Å²) in [5.74, 6) is 0. The van der Waals surface area contributed by atoms with Gasteiger partial charge in [0.1, 0.15) is 4.83 Å². The van der Waals surface area contributed by atoms with E-state index in [9.17, 15) is 22.8 Å². The first-order chi connectivity index (χ1) is 16.7. The summed E-state index contributed by atoms with van der Waals surface area (Å²) >= 11 is 1.34. The number of amides is 2. The van der Waals surface area contributed by atoms with E-state index in [0.717, 1.165) is 27.6 Å². The maximum Gasteiger partial charge on any atom is 0.418 e. The van der Waals surface area contributed by atoms with Crippen molar-refractivity contribution in [3.8, 4) is 0 Å². The molecule has 1 N–H and O–H groups in total. The molecule has 1 aliphatic heterocycles. The Morgan fingerprint density at radius 3 is 2.74 bits per heavy atom. The van der Waals surface area contributed by atoms with Gasteiger partial charge in [-0.2, -0.15) is 13.2 Å². The fourth-order valence-corrected chi connectivity index (χ4v) is 5.54. The predicted molar refractivity (Wildman–Crippen MR) is 129 cm³/mol. The number of halogens is 3. The van der Waals surface area contributed by atoms with Crippen LogP contribution in [0.4, 0.5) is 23.7 Å². The molecular weight excluding hydrogens is 477 g/mol. The molecule has 0 bridgehead atoms. The summed E-state index contributed by atoms with van der Waals surface area (Å²) in [6, 6.07) is 12.2. The minimum atomic E-state index is -4.57. The maximum absolute atomic E-state index is 13.3.